The number of carbonyl (C=O) groups excluding carboxylic acids is 1. The normalized spacial score (nSPS) is 11.0. The molecule has 0 saturated heterocycles. The predicted octanol–water partition coefficient (Wildman–Crippen LogP) is 2.83. The second-order valence-electron chi connectivity index (χ2n) is 6.68. The summed E-state index contributed by atoms with van der Waals surface area (Å²) in [5.74, 6) is -0.233. The molecule has 28 heavy (non-hydrogen) atoms. The minimum Gasteiger partial charge on any atom is -0.319 e. The number of aromatic amines is 2. The molecule has 3 N–H and O–H groups in total. The number of anilines is 1. The summed E-state index contributed by atoms with van der Waals surface area (Å²) >= 11 is 1.33. The van der Waals surface area contributed by atoms with Gasteiger partial charge in [-0.3, -0.25) is 14.6 Å². The molecule has 0 radical (unpaired) electrons. The summed E-state index contributed by atoms with van der Waals surface area (Å²) in [6, 6.07) is 6.30. The number of fused-ring (bicyclic) bond motifs is 1. The minimum atomic E-state index is -0.622. The number of hydrogen-bond acceptors (Lipinski definition) is 5. The molecule has 2 aromatic heterocycles. The lowest BCUT2D eigenvalue weighted by atomic mass is 10.0. The molecular formula is C20H22N4O3S. The SMILES string of the molecule is CCc1cc2cc(C)c(C)cc2nc1SCC(=O)Nc1c(C)[nH]c(=O)[nH]c1=O. The summed E-state index contributed by atoms with van der Waals surface area (Å²) in [6.45, 7) is 7.74. The van der Waals surface area contributed by atoms with Crippen molar-refractivity contribution in [1.29, 1.82) is 0 Å². The highest BCUT2D eigenvalue weighted by molar-refractivity contribution is 8.00. The lowest BCUT2D eigenvalue weighted by Crippen LogP contribution is -2.29. The van der Waals surface area contributed by atoms with E-state index >= 15 is 0 Å². The van der Waals surface area contributed by atoms with Gasteiger partial charge in [-0.1, -0.05) is 18.7 Å². The van der Waals surface area contributed by atoms with Crippen molar-refractivity contribution in [2.24, 2.45) is 0 Å². The zero-order valence-corrected chi connectivity index (χ0v) is 17.0. The van der Waals surface area contributed by atoms with Gasteiger partial charge in [0.15, 0.2) is 0 Å². The average Bonchev–Trinajstić information content (AvgIpc) is 2.63. The molecule has 0 atom stereocenters. The van der Waals surface area contributed by atoms with Crippen LogP contribution in [0.1, 0.15) is 29.3 Å². The van der Waals surface area contributed by atoms with Gasteiger partial charge in [0.25, 0.3) is 5.56 Å². The first kappa shape index (κ1) is 19.9. The van der Waals surface area contributed by atoms with Crippen LogP contribution in [0.15, 0.2) is 32.8 Å². The van der Waals surface area contributed by atoms with Crippen LogP contribution in [-0.2, 0) is 11.2 Å². The molecular weight excluding hydrogens is 376 g/mol. The second kappa shape index (κ2) is 8.02. The molecule has 1 aromatic carbocycles. The monoisotopic (exact) mass is 398 g/mol. The molecule has 0 unspecified atom stereocenters. The summed E-state index contributed by atoms with van der Waals surface area (Å²) < 4.78 is 0. The first-order valence-electron chi connectivity index (χ1n) is 8.95. The van der Waals surface area contributed by atoms with E-state index in [0.29, 0.717) is 5.69 Å². The van der Waals surface area contributed by atoms with Gasteiger partial charge in [0.05, 0.1) is 11.3 Å². The Balaban J connectivity index is 1.81. The summed E-state index contributed by atoms with van der Waals surface area (Å²) in [7, 11) is 0. The molecule has 1 amide bonds. The fraction of sp³-hybridized carbons (Fsp3) is 0.300. The molecule has 8 heteroatoms. The number of H-pyrrole nitrogens is 2. The Labute approximate surface area is 166 Å². The topological polar surface area (TPSA) is 108 Å². The number of carbonyl (C=O) groups is 1. The molecule has 0 bridgehead atoms. The van der Waals surface area contributed by atoms with Crippen LogP contribution in [0.4, 0.5) is 5.69 Å². The number of benzene rings is 1. The van der Waals surface area contributed by atoms with Gasteiger partial charge in [-0.05, 0) is 62.1 Å². The van der Waals surface area contributed by atoms with Crippen LogP contribution in [0.5, 0.6) is 0 Å². The van der Waals surface area contributed by atoms with E-state index in [-0.39, 0.29) is 17.3 Å². The van der Waals surface area contributed by atoms with Gasteiger partial charge in [0.2, 0.25) is 5.91 Å². The van der Waals surface area contributed by atoms with E-state index < -0.39 is 11.2 Å². The zero-order chi connectivity index (χ0) is 20.4. The van der Waals surface area contributed by atoms with Crippen molar-refractivity contribution < 1.29 is 4.79 Å². The number of amides is 1. The van der Waals surface area contributed by atoms with Gasteiger partial charge >= 0.3 is 5.69 Å². The molecule has 0 aliphatic heterocycles. The number of nitrogens with one attached hydrogen (secondary N) is 3. The second-order valence-corrected chi connectivity index (χ2v) is 7.64. The van der Waals surface area contributed by atoms with Crippen LogP contribution in [0.25, 0.3) is 10.9 Å². The number of hydrogen-bond donors (Lipinski definition) is 3. The number of aromatic nitrogens is 3. The minimum absolute atomic E-state index is 0.0542. The lowest BCUT2D eigenvalue weighted by molar-refractivity contribution is -0.113. The highest BCUT2D eigenvalue weighted by Gasteiger charge is 2.13. The third-order valence-electron chi connectivity index (χ3n) is 4.58. The third-order valence-corrected chi connectivity index (χ3v) is 5.62. The van der Waals surface area contributed by atoms with Crippen LogP contribution in [0.2, 0.25) is 0 Å². The number of nitrogens with zero attached hydrogens (tertiary/aromatic N) is 1. The predicted molar refractivity (Wildman–Crippen MR) is 112 cm³/mol. The van der Waals surface area contributed by atoms with Crippen LogP contribution in [-0.4, -0.2) is 26.6 Å². The summed E-state index contributed by atoms with van der Waals surface area (Å²) in [5.41, 5.74) is 3.51. The van der Waals surface area contributed by atoms with Gasteiger partial charge in [-0.2, -0.15) is 0 Å². The van der Waals surface area contributed by atoms with E-state index in [1.54, 1.807) is 6.92 Å². The Bertz CT molecular complexity index is 1180. The van der Waals surface area contributed by atoms with Crippen molar-refractivity contribution >= 4 is 34.3 Å². The molecule has 146 valence electrons. The molecule has 0 fully saturated rings. The Morgan fingerprint density at radius 2 is 1.82 bits per heavy atom. The Hall–Kier alpha value is -2.87. The first-order valence-corrected chi connectivity index (χ1v) is 9.93. The maximum absolute atomic E-state index is 12.3. The van der Waals surface area contributed by atoms with Crippen LogP contribution >= 0.6 is 11.8 Å². The fourth-order valence-electron chi connectivity index (χ4n) is 2.90. The van der Waals surface area contributed by atoms with Crippen LogP contribution in [0, 0.1) is 20.8 Å². The standard InChI is InChI=1S/C20H22N4O3S/c1-5-13-8-14-6-10(2)11(3)7-15(14)22-19(13)28-9-16(25)23-17-12(4)21-20(27)24-18(17)26/h6-8H,5,9H2,1-4H3,(H,23,25)(H2,21,24,26,27). The molecule has 2 heterocycles. The van der Waals surface area contributed by atoms with E-state index in [4.69, 9.17) is 4.98 Å². The highest BCUT2D eigenvalue weighted by Crippen LogP contribution is 2.27. The average molecular weight is 398 g/mol. The molecule has 0 spiro atoms. The van der Waals surface area contributed by atoms with Crippen molar-refractivity contribution in [2.75, 3.05) is 11.1 Å². The van der Waals surface area contributed by atoms with Crippen LogP contribution in [0.3, 0.4) is 0 Å². The van der Waals surface area contributed by atoms with Crippen molar-refractivity contribution in [1.82, 2.24) is 15.0 Å². The molecule has 0 aliphatic rings. The molecule has 3 rings (SSSR count). The molecule has 0 aliphatic carbocycles. The Morgan fingerprint density at radius 1 is 1.11 bits per heavy atom. The Morgan fingerprint density at radius 3 is 2.50 bits per heavy atom. The van der Waals surface area contributed by atoms with Crippen molar-refractivity contribution in [3.05, 3.63) is 61.4 Å². The lowest BCUT2D eigenvalue weighted by Gasteiger charge is -2.11. The Kier molecular flexibility index (Phi) is 5.69. The number of thioether (sulfide) groups is 1. The summed E-state index contributed by atoms with van der Waals surface area (Å²) in [5, 5.41) is 4.46. The molecule has 0 saturated carbocycles. The van der Waals surface area contributed by atoms with E-state index in [2.05, 4.69) is 54.3 Å². The maximum Gasteiger partial charge on any atom is 0.326 e. The summed E-state index contributed by atoms with van der Waals surface area (Å²) in [4.78, 5) is 44.8. The fourth-order valence-corrected chi connectivity index (χ4v) is 3.80. The zero-order valence-electron chi connectivity index (χ0n) is 16.2. The van der Waals surface area contributed by atoms with E-state index in [1.807, 2.05) is 0 Å². The van der Waals surface area contributed by atoms with Crippen molar-refractivity contribution in [3.8, 4) is 0 Å². The van der Waals surface area contributed by atoms with Gasteiger partial charge in [-0.15, -0.1) is 0 Å². The quantitative estimate of drug-likeness (QED) is 0.573. The number of pyridine rings is 1. The smallest absolute Gasteiger partial charge is 0.319 e. The van der Waals surface area contributed by atoms with Gasteiger partial charge < -0.3 is 10.3 Å². The van der Waals surface area contributed by atoms with Crippen molar-refractivity contribution in [3.63, 3.8) is 0 Å². The van der Waals surface area contributed by atoms with Gasteiger partial charge in [-0.25, -0.2) is 9.78 Å². The van der Waals surface area contributed by atoms with Gasteiger partial charge in [0.1, 0.15) is 10.7 Å². The molecule has 3 aromatic rings. The highest BCUT2D eigenvalue weighted by atomic mass is 32.2. The van der Waals surface area contributed by atoms with Crippen molar-refractivity contribution in [2.45, 2.75) is 39.1 Å². The maximum atomic E-state index is 12.3. The number of rotatable bonds is 5. The largest absolute Gasteiger partial charge is 0.326 e. The third kappa shape index (κ3) is 4.17. The first-order chi connectivity index (χ1) is 13.3. The summed E-state index contributed by atoms with van der Waals surface area (Å²) in [6.07, 6.45) is 0.804. The van der Waals surface area contributed by atoms with Gasteiger partial charge in [0, 0.05) is 11.1 Å². The van der Waals surface area contributed by atoms with Crippen LogP contribution < -0.4 is 16.6 Å². The van der Waals surface area contributed by atoms with E-state index in [0.717, 1.165) is 27.9 Å². The van der Waals surface area contributed by atoms with E-state index in [1.165, 1.54) is 22.9 Å². The molecule has 7 nitrogen and oxygen atoms in total. The van der Waals surface area contributed by atoms with E-state index in [9.17, 15) is 14.4 Å². The number of aryl methyl sites for hydroxylation is 4.